The summed E-state index contributed by atoms with van der Waals surface area (Å²) in [7, 11) is 0. The van der Waals surface area contributed by atoms with E-state index < -0.39 is 0 Å². The zero-order valence-electron chi connectivity index (χ0n) is 13.7. The fraction of sp³-hybridized carbons (Fsp3) is 0.750. The number of nitrogens with zero attached hydrogens (tertiary/aromatic N) is 1. The highest BCUT2D eigenvalue weighted by Crippen LogP contribution is 2.44. The Bertz CT molecular complexity index is 502. The van der Waals surface area contributed by atoms with Crippen molar-refractivity contribution in [3.05, 3.63) is 17.3 Å². The highest BCUT2D eigenvalue weighted by atomic mass is 16.4. The number of aromatic nitrogens is 1. The molecule has 1 aliphatic rings. The van der Waals surface area contributed by atoms with E-state index in [1.807, 2.05) is 13.8 Å². The summed E-state index contributed by atoms with van der Waals surface area (Å²) < 4.78 is 5.50. The molecule has 1 saturated carbocycles. The van der Waals surface area contributed by atoms with Crippen LogP contribution >= 0.6 is 0 Å². The Hall–Kier alpha value is -1.36. The second kappa shape index (κ2) is 5.79. The topological polar surface area (TPSA) is 81.2 Å². The molecule has 0 aromatic carbocycles. The summed E-state index contributed by atoms with van der Waals surface area (Å²) in [4.78, 5) is 16.8. The van der Waals surface area contributed by atoms with Gasteiger partial charge in [0.25, 0.3) is 0 Å². The molecular formula is C16H27N3O2. The van der Waals surface area contributed by atoms with E-state index in [0.29, 0.717) is 18.4 Å². The molecule has 0 saturated heterocycles. The van der Waals surface area contributed by atoms with Gasteiger partial charge in [-0.15, -0.1) is 0 Å². The summed E-state index contributed by atoms with van der Waals surface area (Å²) in [6.45, 7) is 10.5. The predicted molar refractivity (Wildman–Crippen MR) is 81.5 cm³/mol. The lowest BCUT2D eigenvalue weighted by molar-refractivity contribution is -0.132. The first-order chi connectivity index (χ1) is 9.73. The Labute approximate surface area is 126 Å². The molecule has 3 N–H and O–H groups in total. The lowest BCUT2D eigenvalue weighted by Crippen LogP contribution is -2.51. The van der Waals surface area contributed by atoms with E-state index in [4.69, 9.17) is 10.2 Å². The maximum atomic E-state index is 12.5. The molecule has 5 nitrogen and oxygen atoms in total. The zero-order chi connectivity index (χ0) is 15.8. The lowest BCUT2D eigenvalue weighted by atomic mass is 9.61. The van der Waals surface area contributed by atoms with Gasteiger partial charge in [0.05, 0.1) is 12.2 Å². The van der Waals surface area contributed by atoms with Crippen LogP contribution in [0.25, 0.3) is 0 Å². The van der Waals surface area contributed by atoms with Crippen LogP contribution in [0.1, 0.15) is 51.0 Å². The van der Waals surface area contributed by atoms with Crippen molar-refractivity contribution in [1.82, 2.24) is 10.3 Å². The first kappa shape index (κ1) is 16.0. The standard InChI is InChI=1S/C16H27N3O2/c1-9-13(17)7-6-12(16(9,4)5)15(20)18-8-14-19-10(2)11(3)21-14/h9,12-13H,6-8,17H2,1-5H3,(H,18,20). The molecule has 3 unspecified atom stereocenters. The number of carbonyl (C=O) groups excluding carboxylic acids is 1. The van der Waals surface area contributed by atoms with Crippen molar-refractivity contribution in [2.24, 2.45) is 23.0 Å². The first-order valence-corrected chi connectivity index (χ1v) is 7.69. The van der Waals surface area contributed by atoms with Crippen LogP contribution < -0.4 is 11.1 Å². The lowest BCUT2D eigenvalue weighted by Gasteiger charge is -2.45. The molecule has 1 aromatic rings. The van der Waals surface area contributed by atoms with E-state index in [9.17, 15) is 4.79 Å². The van der Waals surface area contributed by atoms with E-state index in [-0.39, 0.29) is 23.3 Å². The summed E-state index contributed by atoms with van der Waals surface area (Å²) in [5, 5.41) is 2.96. The molecule has 1 aliphatic carbocycles. The van der Waals surface area contributed by atoms with Crippen molar-refractivity contribution < 1.29 is 9.21 Å². The van der Waals surface area contributed by atoms with E-state index in [1.165, 1.54) is 0 Å². The molecule has 1 amide bonds. The zero-order valence-corrected chi connectivity index (χ0v) is 13.7. The number of hydrogen-bond donors (Lipinski definition) is 2. The molecule has 0 spiro atoms. The van der Waals surface area contributed by atoms with Gasteiger partial charge in [-0.2, -0.15) is 0 Å². The highest BCUT2D eigenvalue weighted by molar-refractivity contribution is 5.79. The predicted octanol–water partition coefficient (Wildman–Crippen LogP) is 2.31. The minimum absolute atomic E-state index is 0.00976. The second-order valence-corrected chi connectivity index (χ2v) is 6.87. The van der Waals surface area contributed by atoms with E-state index in [1.54, 1.807) is 0 Å². The van der Waals surface area contributed by atoms with Gasteiger partial charge in [0.1, 0.15) is 5.76 Å². The van der Waals surface area contributed by atoms with Gasteiger partial charge in [0.15, 0.2) is 0 Å². The van der Waals surface area contributed by atoms with Gasteiger partial charge in [0.2, 0.25) is 11.8 Å². The fourth-order valence-corrected chi connectivity index (χ4v) is 3.22. The second-order valence-electron chi connectivity index (χ2n) is 6.87. The Morgan fingerprint density at radius 1 is 1.43 bits per heavy atom. The largest absolute Gasteiger partial charge is 0.444 e. The Kier molecular flexibility index (Phi) is 4.42. The van der Waals surface area contributed by atoms with Crippen molar-refractivity contribution in [2.75, 3.05) is 0 Å². The SMILES string of the molecule is Cc1nc(CNC(=O)C2CCC(N)C(C)C2(C)C)oc1C. The molecule has 118 valence electrons. The maximum absolute atomic E-state index is 12.5. The van der Waals surface area contributed by atoms with Crippen LogP contribution in [0.2, 0.25) is 0 Å². The van der Waals surface area contributed by atoms with Crippen LogP contribution in [0.15, 0.2) is 4.42 Å². The van der Waals surface area contributed by atoms with Crippen LogP contribution in [0.4, 0.5) is 0 Å². The molecule has 21 heavy (non-hydrogen) atoms. The molecule has 0 aliphatic heterocycles. The van der Waals surface area contributed by atoms with Gasteiger partial charge in [-0.25, -0.2) is 4.98 Å². The average Bonchev–Trinajstić information content (AvgIpc) is 2.73. The molecule has 3 atom stereocenters. The summed E-state index contributed by atoms with van der Waals surface area (Å²) in [6.07, 6.45) is 1.74. The van der Waals surface area contributed by atoms with Gasteiger partial charge in [-0.05, 0) is 38.0 Å². The number of carbonyl (C=O) groups is 1. The van der Waals surface area contributed by atoms with Gasteiger partial charge in [-0.1, -0.05) is 20.8 Å². The van der Waals surface area contributed by atoms with E-state index in [0.717, 1.165) is 24.3 Å². The van der Waals surface area contributed by atoms with Gasteiger partial charge < -0.3 is 15.5 Å². The Morgan fingerprint density at radius 2 is 2.10 bits per heavy atom. The third-order valence-corrected chi connectivity index (χ3v) is 5.31. The number of rotatable bonds is 3. The minimum atomic E-state index is -0.0931. The molecular weight excluding hydrogens is 266 g/mol. The number of nitrogens with one attached hydrogen (secondary N) is 1. The molecule has 1 fully saturated rings. The van der Waals surface area contributed by atoms with Crippen molar-refractivity contribution in [3.8, 4) is 0 Å². The van der Waals surface area contributed by atoms with Crippen LogP contribution in [0, 0.1) is 31.1 Å². The molecule has 1 heterocycles. The average molecular weight is 293 g/mol. The van der Waals surface area contributed by atoms with Crippen LogP contribution in [-0.2, 0) is 11.3 Å². The number of nitrogens with two attached hydrogens (primary N) is 1. The molecule has 1 aromatic heterocycles. The van der Waals surface area contributed by atoms with Gasteiger partial charge in [0, 0.05) is 12.0 Å². The first-order valence-electron chi connectivity index (χ1n) is 7.69. The number of oxazole rings is 1. The molecule has 5 heteroatoms. The summed E-state index contributed by atoms with van der Waals surface area (Å²) in [6, 6.07) is 0.182. The number of hydrogen-bond acceptors (Lipinski definition) is 4. The van der Waals surface area contributed by atoms with Crippen molar-refractivity contribution in [3.63, 3.8) is 0 Å². The number of amides is 1. The maximum Gasteiger partial charge on any atom is 0.224 e. The Morgan fingerprint density at radius 3 is 2.67 bits per heavy atom. The summed E-state index contributed by atoms with van der Waals surface area (Å²) in [5.74, 6) is 1.76. The van der Waals surface area contributed by atoms with Gasteiger partial charge >= 0.3 is 0 Å². The molecule has 2 rings (SSSR count). The van der Waals surface area contributed by atoms with Crippen molar-refractivity contribution in [1.29, 1.82) is 0 Å². The van der Waals surface area contributed by atoms with E-state index in [2.05, 4.69) is 31.1 Å². The smallest absolute Gasteiger partial charge is 0.224 e. The van der Waals surface area contributed by atoms with Gasteiger partial charge in [-0.3, -0.25) is 4.79 Å². The Balaban J connectivity index is 1.99. The normalized spacial score (nSPS) is 28.4. The molecule has 0 radical (unpaired) electrons. The number of aryl methyl sites for hydroxylation is 2. The summed E-state index contributed by atoms with van der Waals surface area (Å²) in [5.41, 5.74) is 6.92. The van der Waals surface area contributed by atoms with Crippen molar-refractivity contribution in [2.45, 2.75) is 60.0 Å². The third-order valence-electron chi connectivity index (χ3n) is 5.31. The van der Waals surface area contributed by atoms with Crippen LogP contribution in [-0.4, -0.2) is 16.9 Å². The monoisotopic (exact) mass is 293 g/mol. The third kappa shape index (κ3) is 3.12. The molecule has 0 bridgehead atoms. The van der Waals surface area contributed by atoms with Crippen LogP contribution in [0.5, 0.6) is 0 Å². The summed E-state index contributed by atoms with van der Waals surface area (Å²) >= 11 is 0. The fourth-order valence-electron chi connectivity index (χ4n) is 3.22. The highest BCUT2D eigenvalue weighted by Gasteiger charge is 2.44. The quantitative estimate of drug-likeness (QED) is 0.896. The van der Waals surface area contributed by atoms with E-state index >= 15 is 0 Å². The minimum Gasteiger partial charge on any atom is -0.444 e. The van der Waals surface area contributed by atoms with Crippen LogP contribution in [0.3, 0.4) is 0 Å². The van der Waals surface area contributed by atoms with Crippen molar-refractivity contribution >= 4 is 5.91 Å².